The van der Waals surface area contributed by atoms with Crippen molar-refractivity contribution in [1.82, 2.24) is 0 Å². The number of ketones is 1. The van der Waals surface area contributed by atoms with E-state index < -0.39 is 18.2 Å². The van der Waals surface area contributed by atoms with Crippen LogP contribution in [0.25, 0.3) is 6.08 Å². The Labute approximate surface area is 140 Å². The molecule has 130 valence electrons. The lowest BCUT2D eigenvalue weighted by molar-refractivity contribution is -0.127. The zero-order valence-corrected chi connectivity index (χ0v) is 13.6. The SMILES string of the molecule is C[C@H]1CCCC(=O)[C@@H](O)CCC=Cc2cc(O)cc(O)c2C(=O)O1. The number of carbonyl (C=O) groups excluding carboxylic acids is 2. The van der Waals surface area contributed by atoms with E-state index in [1.54, 1.807) is 19.1 Å². The summed E-state index contributed by atoms with van der Waals surface area (Å²) >= 11 is 0. The molecule has 1 aromatic carbocycles. The number of aliphatic hydroxyl groups is 1. The summed E-state index contributed by atoms with van der Waals surface area (Å²) in [5.41, 5.74) is 0.312. The fraction of sp³-hybridized carbons (Fsp3) is 0.444. The van der Waals surface area contributed by atoms with Crippen molar-refractivity contribution < 1.29 is 29.6 Å². The third kappa shape index (κ3) is 4.58. The first-order chi connectivity index (χ1) is 11.4. The van der Waals surface area contributed by atoms with Crippen LogP contribution >= 0.6 is 0 Å². The number of rotatable bonds is 0. The van der Waals surface area contributed by atoms with Crippen LogP contribution in [0, 0.1) is 0 Å². The first-order valence-electron chi connectivity index (χ1n) is 8.02. The molecule has 2 rings (SSSR count). The van der Waals surface area contributed by atoms with Gasteiger partial charge in [-0.1, -0.05) is 12.2 Å². The van der Waals surface area contributed by atoms with Gasteiger partial charge in [-0.05, 0) is 44.2 Å². The molecule has 1 aliphatic rings. The average Bonchev–Trinajstić information content (AvgIpc) is 2.49. The fourth-order valence-corrected chi connectivity index (χ4v) is 2.64. The van der Waals surface area contributed by atoms with E-state index in [0.29, 0.717) is 24.8 Å². The van der Waals surface area contributed by atoms with E-state index >= 15 is 0 Å². The lowest BCUT2D eigenvalue weighted by atomic mass is 10.0. The largest absolute Gasteiger partial charge is 0.508 e. The van der Waals surface area contributed by atoms with Gasteiger partial charge < -0.3 is 20.1 Å². The van der Waals surface area contributed by atoms with E-state index in [0.717, 1.165) is 6.07 Å². The summed E-state index contributed by atoms with van der Waals surface area (Å²) in [6.07, 6.45) is 3.73. The van der Waals surface area contributed by atoms with Crippen molar-refractivity contribution in [2.24, 2.45) is 0 Å². The van der Waals surface area contributed by atoms with Crippen LogP contribution in [0.1, 0.15) is 54.9 Å². The van der Waals surface area contributed by atoms with Gasteiger partial charge in [0.25, 0.3) is 0 Å². The van der Waals surface area contributed by atoms with Crippen LogP contribution in [-0.4, -0.2) is 39.3 Å². The Bertz CT molecular complexity index is 649. The highest BCUT2D eigenvalue weighted by Crippen LogP contribution is 2.30. The third-order valence-electron chi connectivity index (χ3n) is 3.95. The van der Waals surface area contributed by atoms with Crippen molar-refractivity contribution in [1.29, 1.82) is 0 Å². The maximum absolute atomic E-state index is 12.3. The summed E-state index contributed by atoms with van der Waals surface area (Å²) in [6.45, 7) is 1.71. The van der Waals surface area contributed by atoms with Gasteiger partial charge >= 0.3 is 5.97 Å². The number of esters is 1. The Hall–Kier alpha value is -2.34. The Morgan fingerprint density at radius 1 is 1.17 bits per heavy atom. The molecule has 6 nitrogen and oxygen atoms in total. The van der Waals surface area contributed by atoms with Gasteiger partial charge in [-0.3, -0.25) is 4.79 Å². The summed E-state index contributed by atoms with van der Waals surface area (Å²) in [6, 6.07) is 2.44. The number of phenolic OH excluding ortho intramolecular Hbond substituents is 2. The number of benzene rings is 1. The van der Waals surface area contributed by atoms with Crippen molar-refractivity contribution in [3.8, 4) is 11.5 Å². The molecule has 1 aliphatic heterocycles. The van der Waals surface area contributed by atoms with E-state index in [2.05, 4.69) is 0 Å². The molecule has 6 heteroatoms. The molecule has 0 radical (unpaired) electrons. The lowest BCUT2D eigenvalue weighted by Crippen LogP contribution is -2.21. The normalized spacial score (nSPS) is 23.2. The van der Waals surface area contributed by atoms with Crippen molar-refractivity contribution >= 4 is 17.8 Å². The van der Waals surface area contributed by atoms with Gasteiger partial charge in [-0.15, -0.1) is 0 Å². The predicted octanol–water partition coefficient (Wildman–Crippen LogP) is 2.55. The van der Waals surface area contributed by atoms with Gasteiger partial charge in [-0.25, -0.2) is 4.79 Å². The Morgan fingerprint density at radius 2 is 1.92 bits per heavy atom. The zero-order chi connectivity index (χ0) is 17.7. The highest BCUT2D eigenvalue weighted by atomic mass is 16.5. The van der Waals surface area contributed by atoms with Crippen molar-refractivity contribution in [2.75, 3.05) is 0 Å². The van der Waals surface area contributed by atoms with E-state index in [1.165, 1.54) is 6.07 Å². The highest BCUT2D eigenvalue weighted by Gasteiger charge is 2.21. The molecule has 3 N–H and O–H groups in total. The number of carbonyl (C=O) groups is 2. The Kier molecular flexibility index (Phi) is 5.98. The molecule has 0 fully saturated rings. The number of hydrogen-bond donors (Lipinski definition) is 3. The summed E-state index contributed by atoms with van der Waals surface area (Å²) in [4.78, 5) is 24.1. The van der Waals surface area contributed by atoms with E-state index in [-0.39, 0.29) is 35.7 Å². The van der Waals surface area contributed by atoms with Gasteiger partial charge in [0.15, 0.2) is 5.78 Å². The van der Waals surface area contributed by atoms with Crippen molar-refractivity contribution in [3.63, 3.8) is 0 Å². The topological polar surface area (TPSA) is 104 Å². The highest BCUT2D eigenvalue weighted by molar-refractivity contribution is 5.97. The molecule has 0 aromatic heterocycles. The van der Waals surface area contributed by atoms with Gasteiger partial charge in [0.2, 0.25) is 0 Å². The molecule has 0 unspecified atom stereocenters. The Morgan fingerprint density at radius 3 is 2.67 bits per heavy atom. The molecular formula is C18H22O6. The lowest BCUT2D eigenvalue weighted by Gasteiger charge is -2.16. The number of cyclic esters (lactones) is 1. The van der Waals surface area contributed by atoms with E-state index in [9.17, 15) is 24.9 Å². The second kappa shape index (κ2) is 7.97. The zero-order valence-electron chi connectivity index (χ0n) is 13.6. The summed E-state index contributed by atoms with van der Waals surface area (Å²) in [5, 5.41) is 29.5. The number of fused-ring (bicyclic) bond motifs is 1. The van der Waals surface area contributed by atoms with Crippen LogP contribution in [0.2, 0.25) is 0 Å². The summed E-state index contributed by atoms with van der Waals surface area (Å²) in [5.74, 6) is -1.42. The molecule has 0 saturated heterocycles. The number of hydrogen-bond acceptors (Lipinski definition) is 6. The van der Waals surface area contributed by atoms with Crippen LogP contribution in [0.3, 0.4) is 0 Å². The van der Waals surface area contributed by atoms with Crippen LogP contribution in [0.5, 0.6) is 11.5 Å². The molecular weight excluding hydrogens is 312 g/mol. The van der Waals surface area contributed by atoms with Gasteiger partial charge in [-0.2, -0.15) is 0 Å². The number of phenols is 2. The monoisotopic (exact) mass is 334 g/mol. The molecule has 0 aliphatic carbocycles. The summed E-state index contributed by atoms with van der Waals surface area (Å²) in [7, 11) is 0. The minimum Gasteiger partial charge on any atom is -0.508 e. The predicted molar refractivity (Wildman–Crippen MR) is 87.8 cm³/mol. The minimum atomic E-state index is -1.01. The van der Waals surface area contributed by atoms with Gasteiger partial charge in [0.05, 0.1) is 6.10 Å². The first kappa shape index (κ1) is 18.0. The van der Waals surface area contributed by atoms with Crippen molar-refractivity contribution in [3.05, 3.63) is 29.3 Å². The van der Waals surface area contributed by atoms with Gasteiger partial charge in [0, 0.05) is 12.5 Å². The summed E-state index contributed by atoms with van der Waals surface area (Å²) < 4.78 is 5.32. The number of Topliss-reactive ketones (excluding diaryl/α,β-unsaturated/α-hetero) is 1. The first-order valence-corrected chi connectivity index (χ1v) is 8.02. The molecule has 1 heterocycles. The van der Waals surface area contributed by atoms with Crippen LogP contribution < -0.4 is 0 Å². The van der Waals surface area contributed by atoms with Crippen LogP contribution in [-0.2, 0) is 9.53 Å². The van der Waals surface area contributed by atoms with Crippen LogP contribution in [0.4, 0.5) is 0 Å². The average molecular weight is 334 g/mol. The smallest absolute Gasteiger partial charge is 0.342 e. The molecule has 0 amide bonds. The quantitative estimate of drug-likeness (QED) is 0.630. The number of ether oxygens (including phenoxy) is 1. The second-order valence-electron chi connectivity index (χ2n) is 6.00. The van der Waals surface area contributed by atoms with Crippen molar-refractivity contribution in [2.45, 2.75) is 51.2 Å². The number of aromatic hydroxyl groups is 2. The molecule has 24 heavy (non-hydrogen) atoms. The maximum Gasteiger partial charge on any atom is 0.342 e. The standard InChI is InChI=1S/C18H22O6/c1-11-5-4-8-15(21)14(20)7-3-2-6-12-9-13(19)10-16(22)17(12)18(23)24-11/h2,6,9-11,14,19-20,22H,3-5,7-8H2,1H3/t11-,14-/m0/s1. The van der Waals surface area contributed by atoms with Gasteiger partial charge in [0.1, 0.15) is 23.2 Å². The molecule has 0 saturated carbocycles. The Balaban J connectivity index is 2.34. The minimum absolute atomic E-state index is 0.00964. The molecule has 1 aromatic rings. The van der Waals surface area contributed by atoms with E-state index in [1.807, 2.05) is 0 Å². The molecule has 0 spiro atoms. The molecule has 0 bridgehead atoms. The second-order valence-corrected chi connectivity index (χ2v) is 6.00. The maximum atomic E-state index is 12.3. The third-order valence-corrected chi connectivity index (χ3v) is 3.95. The number of allylic oxidation sites excluding steroid dienone is 1. The fourth-order valence-electron chi connectivity index (χ4n) is 2.64. The van der Waals surface area contributed by atoms with Crippen LogP contribution in [0.15, 0.2) is 18.2 Å². The number of aliphatic hydroxyl groups excluding tert-OH is 1. The molecule has 2 atom stereocenters. The van der Waals surface area contributed by atoms with E-state index in [4.69, 9.17) is 4.74 Å².